The maximum Gasteiger partial charge on any atom is 0.459 e. The van der Waals surface area contributed by atoms with Crippen molar-refractivity contribution in [1.29, 1.82) is 0 Å². The van der Waals surface area contributed by atoms with Gasteiger partial charge in [-0.3, -0.25) is 23.7 Å². The molecule has 1 aliphatic heterocycles. The third-order valence-electron chi connectivity index (χ3n) is 6.68. The van der Waals surface area contributed by atoms with Gasteiger partial charge in [0, 0.05) is 17.6 Å². The average molecular weight is 608 g/mol. The Labute approximate surface area is 241 Å². The Morgan fingerprint density at radius 2 is 2.00 bits per heavy atom. The highest BCUT2D eigenvalue weighted by molar-refractivity contribution is 7.71. The lowest BCUT2D eigenvalue weighted by Crippen LogP contribution is -2.45. The van der Waals surface area contributed by atoms with E-state index in [2.05, 4.69) is 10.1 Å². The molecule has 0 amide bonds. The maximum absolute atomic E-state index is 14.1. The van der Waals surface area contributed by atoms with Crippen LogP contribution in [0.3, 0.4) is 0 Å². The molecule has 1 aliphatic rings. The van der Waals surface area contributed by atoms with E-state index in [1.165, 1.54) is 30.7 Å². The molecule has 0 aliphatic carbocycles. The van der Waals surface area contributed by atoms with Gasteiger partial charge >= 0.3 is 13.7 Å². The van der Waals surface area contributed by atoms with Gasteiger partial charge in [-0.05, 0) is 43.9 Å². The van der Waals surface area contributed by atoms with Gasteiger partial charge in [-0.15, -0.1) is 0 Å². The number of aromatic nitrogens is 2. The largest absolute Gasteiger partial charge is 0.465 e. The predicted molar refractivity (Wildman–Crippen MR) is 153 cm³/mol. The van der Waals surface area contributed by atoms with E-state index in [1.54, 1.807) is 24.3 Å². The Hall–Kier alpha value is -2.90. The minimum atomic E-state index is -4.32. The van der Waals surface area contributed by atoms with Crippen LogP contribution in [0.15, 0.2) is 59.5 Å². The van der Waals surface area contributed by atoms with Crippen molar-refractivity contribution < 1.29 is 38.1 Å². The third-order valence-corrected chi connectivity index (χ3v) is 8.63. The Bertz CT molecular complexity index is 1540. The minimum Gasteiger partial charge on any atom is -0.465 e. The molecule has 0 saturated carbocycles. The van der Waals surface area contributed by atoms with E-state index < -0.39 is 56.0 Å². The van der Waals surface area contributed by atoms with Gasteiger partial charge in [0.2, 0.25) is 0 Å². The molecule has 4 N–H and O–H groups in total. The molecule has 3 aromatic rings. The SMILES string of the molecule is CCCCOC(=O)[C@H](C)NP(=O)(OC[C@H]1O[C@@H](n2ccc(=O)[nH]c2=S)C(C)(O)[C@H]1O)Oc1cccc2ccccc12. The first-order valence-corrected chi connectivity index (χ1v) is 15.1. The van der Waals surface area contributed by atoms with E-state index in [9.17, 15) is 24.4 Å². The summed E-state index contributed by atoms with van der Waals surface area (Å²) in [6, 6.07) is 12.6. The fourth-order valence-corrected chi connectivity index (χ4v) is 6.17. The summed E-state index contributed by atoms with van der Waals surface area (Å²) < 4.78 is 38.1. The van der Waals surface area contributed by atoms with E-state index in [0.717, 1.165) is 11.8 Å². The Morgan fingerprint density at radius 1 is 1.27 bits per heavy atom. The zero-order valence-corrected chi connectivity index (χ0v) is 24.6. The van der Waals surface area contributed by atoms with E-state index in [-0.39, 0.29) is 17.1 Å². The first kappa shape index (κ1) is 31.0. The number of nitrogens with one attached hydrogen (secondary N) is 2. The first-order chi connectivity index (χ1) is 19.4. The summed E-state index contributed by atoms with van der Waals surface area (Å²) in [5.41, 5.74) is -2.31. The van der Waals surface area contributed by atoms with Gasteiger partial charge in [-0.2, -0.15) is 5.09 Å². The van der Waals surface area contributed by atoms with Crippen molar-refractivity contribution in [2.45, 2.75) is 63.7 Å². The van der Waals surface area contributed by atoms with Gasteiger partial charge in [0.1, 0.15) is 29.6 Å². The normalized spacial score (nSPS) is 24.6. The first-order valence-electron chi connectivity index (χ1n) is 13.2. The second-order valence-electron chi connectivity index (χ2n) is 9.95. The number of hydrogen-bond donors (Lipinski definition) is 4. The van der Waals surface area contributed by atoms with Crippen molar-refractivity contribution in [1.82, 2.24) is 14.6 Å². The van der Waals surface area contributed by atoms with Crippen LogP contribution in [0.1, 0.15) is 39.8 Å². The van der Waals surface area contributed by atoms with Crippen molar-refractivity contribution in [3.8, 4) is 5.75 Å². The Kier molecular flexibility index (Phi) is 9.81. The van der Waals surface area contributed by atoms with Gasteiger partial charge in [0.05, 0.1) is 13.2 Å². The number of carbonyl (C=O) groups excluding carboxylic acids is 1. The molecule has 1 aromatic heterocycles. The van der Waals surface area contributed by atoms with Crippen LogP contribution in [-0.2, 0) is 23.4 Å². The molecule has 1 saturated heterocycles. The second kappa shape index (κ2) is 13.0. The monoisotopic (exact) mass is 607 g/mol. The smallest absolute Gasteiger partial charge is 0.459 e. The van der Waals surface area contributed by atoms with Crippen molar-refractivity contribution >= 4 is 36.7 Å². The van der Waals surface area contributed by atoms with Crippen molar-refractivity contribution in [2.75, 3.05) is 13.2 Å². The van der Waals surface area contributed by atoms with Crippen LogP contribution < -0.4 is 15.2 Å². The number of esters is 1. The molecule has 222 valence electrons. The lowest BCUT2D eigenvalue weighted by Gasteiger charge is -2.28. The molecule has 6 atom stereocenters. The summed E-state index contributed by atoms with van der Waals surface area (Å²) in [7, 11) is -4.32. The summed E-state index contributed by atoms with van der Waals surface area (Å²) in [5.74, 6) is -0.404. The minimum absolute atomic E-state index is 0.0291. The molecule has 41 heavy (non-hydrogen) atoms. The highest BCUT2D eigenvalue weighted by Crippen LogP contribution is 2.48. The van der Waals surface area contributed by atoms with Gasteiger partial charge < -0.3 is 24.2 Å². The topological polar surface area (TPSA) is 161 Å². The van der Waals surface area contributed by atoms with Crippen LogP contribution in [0.2, 0.25) is 0 Å². The predicted octanol–water partition coefficient (Wildman–Crippen LogP) is 3.59. The second-order valence-corrected chi connectivity index (χ2v) is 12.0. The number of aliphatic hydroxyl groups excluding tert-OH is 1. The Balaban J connectivity index is 1.57. The molecule has 0 spiro atoms. The zero-order chi connectivity index (χ0) is 29.8. The third kappa shape index (κ3) is 7.12. The number of aliphatic hydroxyl groups is 2. The highest BCUT2D eigenvalue weighted by Gasteiger charge is 2.54. The number of aromatic amines is 1. The molecular formula is C27H34N3O9PS. The molecule has 0 bridgehead atoms. The summed E-state index contributed by atoms with van der Waals surface area (Å²) in [6.07, 6.45) is -1.06. The van der Waals surface area contributed by atoms with Crippen molar-refractivity contribution in [3.05, 3.63) is 69.9 Å². The van der Waals surface area contributed by atoms with E-state index in [1.807, 2.05) is 25.1 Å². The Morgan fingerprint density at radius 3 is 2.73 bits per heavy atom. The van der Waals surface area contributed by atoms with Crippen LogP contribution in [0.25, 0.3) is 10.8 Å². The molecule has 12 nitrogen and oxygen atoms in total. The number of H-pyrrole nitrogens is 1. The summed E-state index contributed by atoms with van der Waals surface area (Å²) in [6.45, 7) is 4.48. The van der Waals surface area contributed by atoms with Crippen LogP contribution >= 0.6 is 20.0 Å². The van der Waals surface area contributed by atoms with Gasteiger partial charge in [0.15, 0.2) is 11.0 Å². The van der Waals surface area contributed by atoms with Crippen LogP contribution in [0, 0.1) is 4.77 Å². The van der Waals surface area contributed by atoms with Gasteiger partial charge in [0.25, 0.3) is 5.56 Å². The quantitative estimate of drug-likeness (QED) is 0.103. The maximum atomic E-state index is 14.1. The zero-order valence-electron chi connectivity index (χ0n) is 22.9. The number of hydrogen-bond acceptors (Lipinski definition) is 10. The molecule has 0 radical (unpaired) electrons. The van der Waals surface area contributed by atoms with Crippen molar-refractivity contribution in [2.24, 2.45) is 0 Å². The molecular weight excluding hydrogens is 573 g/mol. The molecule has 2 heterocycles. The summed E-state index contributed by atoms with van der Waals surface area (Å²) in [5, 5.41) is 26.1. The average Bonchev–Trinajstić information content (AvgIpc) is 3.15. The number of ether oxygens (including phenoxy) is 2. The number of carbonyl (C=O) groups is 1. The number of fused-ring (bicyclic) bond motifs is 1. The fraction of sp³-hybridized carbons (Fsp3) is 0.444. The fourth-order valence-electron chi connectivity index (χ4n) is 4.39. The highest BCUT2D eigenvalue weighted by atomic mass is 32.1. The standard InChI is InChI=1S/C27H34N3O9PS/c1-4-5-15-36-24(33)17(2)29-40(35,39-20-12-8-10-18-9-6-7-11-19(18)20)37-16-21-23(32)27(3,34)25(38-21)30-14-13-22(31)28-26(30)41/h6-14,17,21,23,25,32,34H,4-5,15-16H2,1-3H3,(H,29,35)(H,28,31,41)/t17-,21+,23-,25+,27?,40?/m0/s1. The van der Waals surface area contributed by atoms with E-state index in [4.69, 9.17) is 30.7 Å². The molecule has 4 rings (SSSR count). The van der Waals surface area contributed by atoms with Crippen LogP contribution in [0.5, 0.6) is 5.75 Å². The van der Waals surface area contributed by atoms with Crippen LogP contribution in [-0.4, -0.2) is 62.8 Å². The lowest BCUT2D eigenvalue weighted by atomic mass is 9.96. The molecule has 2 unspecified atom stereocenters. The lowest BCUT2D eigenvalue weighted by molar-refractivity contribution is -0.145. The number of rotatable bonds is 12. The summed E-state index contributed by atoms with van der Waals surface area (Å²) in [4.78, 5) is 26.6. The number of benzene rings is 2. The number of unbranched alkanes of at least 4 members (excludes halogenated alkanes) is 1. The van der Waals surface area contributed by atoms with Crippen LogP contribution in [0.4, 0.5) is 0 Å². The van der Waals surface area contributed by atoms with Crippen molar-refractivity contribution in [3.63, 3.8) is 0 Å². The number of nitrogens with zero attached hydrogens (tertiary/aromatic N) is 1. The van der Waals surface area contributed by atoms with E-state index in [0.29, 0.717) is 11.8 Å². The molecule has 14 heteroatoms. The van der Waals surface area contributed by atoms with Gasteiger partial charge in [-0.1, -0.05) is 49.7 Å². The molecule has 2 aromatic carbocycles. The van der Waals surface area contributed by atoms with Gasteiger partial charge in [-0.25, -0.2) is 4.57 Å². The van der Waals surface area contributed by atoms with E-state index >= 15 is 0 Å². The summed E-state index contributed by atoms with van der Waals surface area (Å²) >= 11 is 5.19. The molecule has 1 fully saturated rings.